The number of hydrogen-bond acceptors (Lipinski definition) is 2. The molecule has 0 spiro atoms. The van der Waals surface area contributed by atoms with E-state index >= 15 is 0 Å². The fourth-order valence-electron chi connectivity index (χ4n) is 1.30. The van der Waals surface area contributed by atoms with Gasteiger partial charge in [-0.1, -0.05) is 19.1 Å². The van der Waals surface area contributed by atoms with E-state index in [2.05, 4.69) is 0 Å². The minimum absolute atomic E-state index is 0.00575. The number of hydrogen-bond donors (Lipinski definition) is 0. The van der Waals surface area contributed by atoms with Crippen LogP contribution in [0.5, 0.6) is 0 Å². The average Bonchev–Trinajstić information content (AvgIpc) is 2.16. The van der Waals surface area contributed by atoms with Crippen molar-refractivity contribution in [1.82, 2.24) is 0 Å². The van der Waals surface area contributed by atoms with E-state index in [1.807, 2.05) is 50.2 Å². The first-order valence-corrected chi connectivity index (χ1v) is 4.80. The third kappa shape index (κ3) is 2.34. The van der Waals surface area contributed by atoms with Crippen molar-refractivity contribution >= 4 is 11.5 Å². The molecule has 76 valence electrons. The van der Waals surface area contributed by atoms with Gasteiger partial charge >= 0.3 is 0 Å². The molecule has 1 rings (SSSR count). The number of anilines is 1. The summed E-state index contributed by atoms with van der Waals surface area (Å²) < 4.78 is 0. The summed E-state index contributed by atoms with van der Waals surface area (Å²) in [7, 11) is 4.01. The van der Waals surface area contributed by atoms with Gasteiger partial charge in [-0.05, 0) is 24.6 Å². The van der Waals surface area contributed by atoms with Crippen molar-refractivity contribution in [2.45, 2.75) is 19.8 Å². The lowest BCUT2D eigenvalue weighted by Gasteiger charge is -2.14. The van der Waals surface area contributed by atoms with Gasteiger partial charge in [-0.25, -0.2) is 0 Å². The summed E-state index contributed by atoms with van der Waals surface area (Å²) in [5.74, 6) is 0.216. The third-order valence-electron chi connectivity index (χ3n) is 2.52. The van der Waals surface area contributed by atoms with Crippen molar-refractivity contribution in [2.75, 3.05) is 19.0 Å². The zero-order valence-electron chi connectivity index (χ0n) is 9.24. The molecule has 0 N–H and O–H groups in total. The molecule has 0 bridgehead atoms. The topological polar surface area (TPSA) is 20.3 Å². The molecule has 0 fully saturated rings. The van der Waals surface area contributed by atoms with Crippen molar-refractivity contribution in [1.29, 1.82) is 0 Å². The van der Waals surface area contributed by atoms with Gasteiger partial charge in [0.05, 0.1) is 0 Å². The normalized spacial score (nSPS) is 12.3. The van der Waals surface area contributed by atoms with E-state index in [0.29, 0.717) is 0 Å². The van der Waals surface area contributed by atoms with Gasteiger partial charge in [0, 0.05) is 25.7 Å². The molecule has 0 aliphatic heterocycles. The smallest absolute Gasteiger partial charge is 0.136 e. The molecule has 0 aliphatic carbocycles. The van der Waals surface area contributed by atoms with Crippen molar-refractivity contribution in [3.05, 3.63) is 29.8 Å². The van der Waals surface area contributed by atoms with Crippen LogP contribution in [0.15, 0.2) is 24.3 Å². The van der Waals surface area contributed by atoms with E-state index < -0.39 is 0 Å². The number of carbonyl (C=O) groups excluding carboxylic acids is 1. The molecule has 0 saturated carbocycles. The second-order valence-corrected chi connectivity index (χ2v) is 3.82. The summed E-state index contributed by atoms with van der Waals surface area (Å²) in [4.78, 5) is 13.2. The Bertz CT molecular complexity index is 314. The van der Waals surface area contributed by atoms with Crippen LogP contribution < -0.4 is 4.90 Å². The number of nitrogens with zero attached hydrogens (tertiary/aromatic N) is 1. The average molecular weight is 191 g/mol. The van der Waals surface area contributed by atoms with Crippen LogP contribution in [0.25, 0.3) is 0 Å². The highest BCUT2D eigenvalue weighted by Gasteiger charge is 2.09. The molecule has 2 heteroatoms. The Labute approximate surface area is 85.5 Å². The second-order valence-electron chi connectivity index (χ2n) is 3.82. The van der Waals surface area contributed by atoms with Crippen LogP contribution in [0.2, 0.25) is 0 Å². The summed E-state index contributed by atoms with van der Waals surface area (Å²) in [6.07, 6.45) is 0. The molecule has 1 aromatic carbocycles. The molecule has 2 nitrogen and oxygen atoms in total. The van der Waals surface area contributed by atoms with Crippen molar-refractivity contribution < 1.29 is 4.79 Å². The number of ketones is 1. The number of Topliss-reactive ketones (excluding diaryl/α,β-unsaturated/α-hetero) is 1. The van der Waals surface area contributed by atoms with Gasteiger partial charge in [-0.15, -0.1) is 0 Å². The van der Waals surface area contributed by atoms with Crippen LogP contribution >= 0.6 is 0 Å². The lowest BCUT2D eigenvalue weighted by Crippen LogP contribution is -2.09. The van der Waals surface area contributed by atoms with E-state index in [9.17, 15) is 4.79 Å². The molecule has 1 aromatic rings. The van der Waals surface area contributed by atoms with E-state index in [4.69, 9.17) is 0 Å². The summed E-state index contributed by atoms with van der Waals surface area (Å²) in [5, 5.41) is 0. The number of rotatable bonds is 3. The fourth-order valence-corrected chi connectivity index (χ4v) is 1.30. The SMILES string of the molecule is CC(=O)C(C)c1ccc(N(C)C)cc1. The largest absolute Gasteiger partial charge is 0.378 e. The van der Waals surface area contributed by atoms with E-state index in [0.717, 1.165) is 11.3 Å². The van der Waals surface area contributed by atoms with Crippen LogP contribution in [0, 0.1) is 0 Å². The molecule has 1 unspecified atom stereocenters. The Morgan fingerprint density at radius 2 is 1.71 bits per heavy atom. The van der Waals surface area contributed by atoms with Crippen LogP contribution in [-0.2, 0) is 4.79 Å². The molecule has 0 aromatic heterocycles. The minimum Gasteiger partial charge on any atom is -0.378 e. The zero-order chi connectivity index (χ0) is 10.7. The maximum Gasteiger partial charge on any atom is 0.136 e. The van der Waals surface area contributed by atoms with Gasteiger partial charge in [-0.3, -0.25) is 4.79 Å². The summed E-state index contributed by atoms with van der Waals surface area (Å²) in [6, 6.07) is 8.10. The minimum atomic E-state index is 0.00575. The molecule has 14 heavy (non-hydrogen) atoms. The van der Waals surface area contributed by atoms with Gasteiger partial charge in [-0.2, -0.15) is 0 Å². The molecule has 0 heterocycles. The van der Waals surface area contributed by atoms with Gasteiger partial charge in [0.2, 0.25) is 0 Å². The molecule has 0 radical (unpaired) electrons. The first-order valence-electron chi connectivity index (χ1n) is 4.80. The van der Waals surface area contributed by atoms with Gasteiger partial charge in [0.1, 0.15) is 5.78 Å². The molecular weight excluding hydrogens is 174 g/mol. The highest BCUT2D eigenvalue weighted by Crippen LogP contribution is 2.19. The first-order chi connectivity index (χ1) is 6.52. The lowest BCUT2D eigenvalue weighted by atomic mass is 9.97. The van der Waals surface area contributed by atoms with E-state index in [1.54, 1.807) is 6.92 Å². The first kappa shape index (κ1) is 10.8. The summed E-state index contributed by atoms with van der Waals surface area (Å²) in [5.41, 5.74) is 2.24. The quantitative estimate of drug-likeness (QED) is 0.731. The Balaban J connectivity index is 2.88. The van der Waals surface area contributed by atoms with Gasteiger partial charge < -0.3 is 4.90 Å². The third-order valence-corrected chi connectivity index (χ3v) is 2.52. The monoisotopic (exact) mass is 191 g/mol. The van der Waals surface area contributed by atoms with E-state index in [-0.39, 0.29) is 11.7 Å². The standard InChI is InChI=1S/C12H17NO/c1-9(10(2)14)11-5-7-12(8-6-11)13(3)4/h5-9H,1-4H3. The summed E-state index contributed by atoms with van der Waals surface area (Å²) >= 11 is 0. The Morgan fingerprint density at radius 1 is 1.21 bits per heavy atom. The highest BCUT2D eigenvalue weighted by molar-refractivity contribution is 5.83. The van der Waals surface area contributed by atoms with Crippen LogP contribution in [0.4, 0.5) is 5.69 Å². The maximum atomic E-state index is 11.2. The molecule has 1 atom stereocenters. The number of benzene rings is 1. The summed E-state index contributed by atoms with van der Waals surface area (Å²) in [6.45, 7) is 3.57. The highest BCUT2D eigenvalue weighted by atomic mass is 16.1. The lowest BCUT2D eigenvalue weighted by molar-refractivity contribution is -0.118. The molecule has 0 amide bonds. The van der Waals surface area contributed by atoms with Crippen LogP contribution in [-0.4, -0.2) is 19.9 Å². The van der Waals surface area contributed by atoms with Crippen molar-refractivity contribution in [3.8, 4) is 0 Å². The van der Waals surface area contributed by atoms with Crippen LogP contribution in [0.3, 0.4) is 0 Å². The molecular formula is C12H17NO. The molecule has 0 aliphatic rings. The van der Waals surface area contributed by atoms with Gasteiger partial charge in [0.15, 0.2) is 0 Å². The van der Waals surface area contributed by atoms with Crippen molar-refractivity contribution in [3.63, 3.8) is 0 Å². The van der Waals surface area contributed by atoms with Crippen molar-refractivity contribution in [2.24, 2.45) is 0 Å². The second kappa shape index (κ2) is 4.27. The predicted molar refractivity (Wildman–Crippen MR) is 59.9 cm³/mol. The predicted octanol–water partition coefficient (Wildman–Crippen LogP) is 2.45. The Morgan fingerprint density at radius 3 is 2.07 bits per heavy atom. The van der Waals surface area contributed by atoms with Crippen LogP contribution in [0.1, 0.15) is 25.3 Å². The maximum absolute atomic E-state index is 11.2. The fraction of sp³-hybridized carbons (Fsp3) is 0.417. The Kier molecular flexibility index (Phi) is 3.28. The zero-order valence-corrected chi connectivity index (χ0v) is 9.24. The molecule has 0 saturated heterocycles. The van der Waals surface area contributed by atoms with E-state index in [1.165, 1.54) is 0 Å². The Hall–Kier alpha value is -1.31. The van der Waals surface area contributed by atoms with Gasteiger partial charge in [0.25, 0.3) is 0 Å². The number of carbonyl (C=O) groups is 1.